The number of hydrogen-bond donors (Lipinski definition) is 2. The van der Waals surface area contributed by atoms with E-state index in [1.54, 1.807) is 6.20 Å². The zero-order chi connectivity index (χ0) is 15.6. The van der Waals surface area contributed by atoms with Crippen LogP contribution in [0.3, 0.4) is 0 Å². The lowest BCUT2D eigenvalue weighted by Gasteiger charge is -2.18. The predicted molar refractivity (Wildman–Crippen MR) is 84.2 cm³/mol. The molecular weight excluding hydrogens is 286 g/mol. The molecule has 112 valence electrons. The van der Waals surface area contributed by atoms with Crippen LogP contribution in [-0.2, 0) is 11.3 Å². The number of thiazole rings is 1. The van der Waals surface area contributed by atoms with Crippen molar-refractivity contribution in [1.82, 2.24) is 15.3 Å². The van der Waals surface area contributed by atoms with E-state index in [4.69, 9.17) is 0 Å². The second-order valence-electron chi connectivity index (χ2n) is 5.94. The van der Waals surface area contributed by atoms with Gasteiger partial charge in [-0.25, -0.2) is 4.98 Å². The molecule has 0 radical (unpaired) electrons. The zero-order valence-electron chi connectivity index (χ0n) is 12.6. The molecule has 0 unspecified atom stereocenters. The molecule has 2 N–H and O–H groups in total. The van der Waals surface area contributed by atoms with Crippen molar-refractivity contribution in [3.05, 3.63) is 39.1 Å². The van der Waals surface area contributed by atoms with Crippen LogP contribution in [0.25, 0.3) is 10.7 Å². The van der Waals surface area contributed by atoms with Gasteiger partial charge in [0.1, 0.15) is 5.01 Å². The van der Waals surface area contributed by atoms with Gasteiger partial charge in [-0.05, 0) is 6.92 Å². The number of carbonyl (C=O) groups is 1. The van der Waals surface area contributed by atoms with E-state index in [0.717, 1.165) is 10.7 Å². The summed E-state index contributed by atoms with van der Waals surface area (Å²) in [4.78, 5) is 31.6. The van der Waals surface area contributed by atoms with Gasteiger partial charge in [0, 0.05) is 40.9 Å². The highest BCUT2D eigenvalue weighted by Crippen LogP contribution is 2.22. The molecule has 5 nitrogen and oxygen atoms in total. The van der Waals surface area contributed by atoms with Crippen LogP contribution < -0.4 is 10.7 Å². The molecule has 0 aromatic carbocycles. The molecule has 2 aromatic rings. The Morgan fingerprint density at radius 3 is 2.71 bits per heavy atom. The number of hydrogen-bond acceptors (Lipinski definition) is 4. The van der Waals surface area contributed by atoms with Crippen LogP contribution in [0.5, 0.6) is 0 Å². The van der Waals surface area contributed by atoms with Crippen molar-refractivity contribution in [2.24, 2.45) is 5.41 Å². The summed E-state index contributed by atoms with van der Waals surface area (Å²) in [6, 6.07) is 1.54. The fraction of sp³-hybridized carbons (Fsp3) is 0.400. The van der Waals surface area contributed by atoms with Gasteiger partial charge in [-0.15, -0.1) is 11.3 Å². The van der Waals surface area contributed by atoms with E-state index in [2.05, 4.69) is 15.3 Å². The van der Waals surface area contributed by atoms with Crippen LogP contribution in [0.2, 0.25) is 0 Å². The highest BCUT2D eigenvalue weighted by molar-refractivity contribution is 7.13. The molecule has 0 aliphatic carbocycles. The molecule has 0 fully saturated rings. The summed E-state index contributed by atoms with van der Waals surface area (Å²) in [5.74, 6) is -0.0902. The molecule has 6 heteroatoms. The number of amides is 1. The molecule has 0 spiro atoms. The van der Waals surface area contributed by atoms with Crippen LogP contribution >= 0.6 is 11.3 Å². The highest BCUT2D eigenvalue weighted by atomic mass is 32.1. The van der Waals surface area contributed by atoms with Crippen molar-refractivity contribution in [3.63, 3.8) is 0 Å². The number of aromatic amines is 1. The minimum atomic E-state index is -0.487. The number of nitrogens with zero attached hydrogens (tertiary/aromatic N) is 1. The van der Waals surface area contributed by atoms with Crippen LogP contribution in [0.15, 0.2) is 22.4 Å². The van der Waals surface area contributed by atoms with Gasteiger partial charge in [0.05, 0.1) is 5.69 Å². The molecule has 0 bridgehead atoms. The van der Waals surface area contributed by atoms with E-state index in [0.29, 0.717) is 11.3 Å². The second-order valence-corrected chi connectivity index (χ2v) is 6.83. The van der Waals surface area contributed by atoms with Crippen molar-refractivity contribution in [2.45, 2.75) is 34.2 Å². The SMILES string of the molecule is Cc1cc(=O)c(CNC(=O)C(C)(C)C)c(-c2nccs2)[nH]1. The van der Waals surface area contributed by atoms with Gasteiger partial charge >= 0.3 is 0 Å². The van der Waals surface area contributed by atoms with Crippen molar-refractivity contribution < 1.29 is 4.79 Å². The van der Waals surface area contributed by atoms with Crippen molar-refractivity contribution in [1.29, 1.82) is 0 Å². The van der Waals surface area contributed by atoms with Crippen molar-refractivity contribution >= 4 is 17.2 Å². The van der Waals surface area contributed by atoms with E-state index in [1.165, 1.54) is 17.4 Å². The average molecular weight is 305 g/mol. The summed E-state index contributed by atoms with van der Waals surface area (Å²) >= 11 is 1.45. The maximum absolute atomic E-state index is 12.2. The minimum Gasteiger partial charge on any atom is -0.356 e. The first kappa shape index (κ1) is 15.4. The predicted octanol–water partition coefficient (Wildman–Crippen LogP) is 2.47. The summed E-state index contributed by atoms with van der Waals surface area (Å²) in [5, 5.41) is 5.42. The highest BCUT2D eigenvalue weighted by Gasteiger charge is 2.22. The van der Waals surface area contributed by atoms with Gasteiger partial charge in [-0.1, -0.05) is 20.8 Å². The number of pyridine rings is 1. The first-order valence-corrected chi connectivity index (χ1v) is 7.58. The monoisotopic (exact) mass is 305 g/mol. The van der Waals surface area contributed by atoms with E-state index < -0.39 is 5.41 Å². The molecule has 0 aliphatic rings. The smallest absolute Gasteiger partial charge is 0.225 e. The lowest BCUT2D eigenvalue weighted by molar-refractivity contribution is -0.128. The van der Waals surface area contributed by atoms with Crippen molar-refractivity contribution in [2.75, 3.05) is 0 Å². The third kappa shape index (κ3) is 3.58. The van der Waals surface area contributed by atoms with Crippen LogP contribution in [0.4, 0.5) is 0 Å². The Kier molecular flexibility index (Phi) is 4.27. The molecule has 0 saturated carbocycles. The van der Waals surface area contributed by atoms with Crippen LogP contribution in [0, 0.1) is 12.3 Å². The Balaban J connectivity index is 2.35. The largest absolute Gasteiger partial charge is 0.356 e. The Morgan fingerprint density at radius 2 is 2.14 bits per heavy atom. The summed E-state index contributed by atoms with van der Waals surface area (Å²) < 4.78 is 0. The average Bonchev–Trinajstić information content (AvgIpc) is 2.89. The zero-order valence-corrected chi connectivity index (χ0v) is 13.4. The lowest BCUT2D eigenvalue weighted by Crippen LogP contribution is -2.35. The summed E-state index contributed by atoms with van der Waals surface area (Å²) in [7, 11) is 0. The van der Waals surface area contributed by atoms with E-state index in [9.17, 15) is 9.59 Å². The molecule has 21 heavy (non-hydrogen) atoms. The summed E-state index contributed by atoms with van der Waals surface area (Å²) in [6.07, 6.45) is 1.69. The standard InChI is InChI=1S/C15H19N3O2S/c1-9-7-11(19)10(8-17-14(20)15(2,3)4)12(18-9)13-16-5-6-21-13/h5-7H,8H2,1-4H3,(H,17,20)(H,18,19). The van der Waals surface area contributed by atoms with Gasteiger partial charge in [0.2, 0.25) is 5.91 Å². The van der Waals surface area contributed by atoms with Gasteiger partial charge < -0.3 is 10.3 Å². The normalized spacial score (nSPS) is 11.4. The quantitative estimate of drug-likeness (QED) is 0.914. The fourth-order valence-electron chi connectivity index (χ4n) is 1.85. The Morgan fingerprint density at radius 1 is 1.43 bits per heavy atom. The van der Waals surface area contributed by atoms with Crippen LogP contribution in [0.1, 0.15) is 32.0 Å². The first-order chi connectivity index (χ1) is 9.79. The van der Waals surface area contributed by atoms with E-state index in [-0.39, 0.29) is 17.9 Å². The number of aromatic nitrogens is 2. The number of H-pyrrole nitrogens is 1. The molecule has 1 amide bonds. The number of nitrogens with one attached hydrogen (secondary N) is 2. The van der Waals surface area contributed by atoms with E-state index >= 15 is 0 Å². The number of rotatable bonds is 3. The lowest BCUT2D eigenvalue weighted by atomic mass is 9.95. The Bertz CT molecular complexity index is 697. The van der Waals surface area contributed by atoms with Gasteiger partial charge in [-0.3, -0.25) is 9.59 Å². The summed E-state index contributed by atoms with van der Waals surface area (Å²) in [6.45, 7) is 7.53. The molecule has 0 aliphatic heterocycles. The molecule has 2 aromatic heterocycles. The summed E-state index contributed by atoms with van der Waals surface area (Å²) in [5.41, 5.74) is 1.41. The minimum absolute atomic E-state index is 0.0902. The number of carbonyl (C=O) groups excluding carboxylic acids is 1. The van der Waals surface area contributed by atoms with E-state index in [1.807, 2.05) is 33.1 Å². The maximum Gasteiger partial charge on any atom is 0.225 e. The number of aryl methyl sites for hydroxylation is 1. The first-order valence-electron chi connectivity index (χ1n) is 6.70. The van der Waals surface area contributed by atoms with Crippen LogP contribution in [-0.4, -0.2) is 15.9 Å². The fourth-order valence-corrected chi connectivity index (χ4v) is 2.52. The second kappa shape index (κ2) is 5.81. The molecule has 0 saturated heterocycles. The Labute approximate surface area is 127 Å². The topological polar surface area (TPSA) is 74.8 Å². The van der Waals surface area contributed by atoms with Crippen molar-refractivity contribution in [3.8, 4) is 10.7 Å². The Hall–Kier alpha value is -1.95. The van der Waals surface area contributed by atoms with Gasteiger partial charge in [-0.2, -0.15) is 0 Å². The molecule has 2 heterocycles. The maximum atomic E-state index is 12.2. The molecule has 0 atom stereocenters. The third-order valence-corrected chi connectivity index (χ3v) is 3.81. The molecular formula is C15H19N3O2S. The third-order valence-electron chi connectivity index (χ3n) is 3.02. The van der Waals surface area contributed by atoms with Gasteiger partial charge in [0.15, 0.2) is 5.43 Å². The molecule has 2 rings (SSSR count). The van der Waals surface area contributed by atoms with Gasteiger partial charge in [0.25, 0.3) is 0 Å².